The Bertz CT molecular complexity index is 543. The molecule has 134 valence electrons. The highest BCUT2D eigenvalue weighted by atomic mass is 16.7. The van der Waals surface area contributed by atoms with Gasteiger partial charge < -0.3 is 19.9 Å². The Morgan fingerprint density at radius 3 is 2.58 bits per heavy atom. The molecule has 0 saturated heterocycles. The first-order valence-corrected chi connectivity index (χ1v) is 8.27. The standard InChI is InChI=1S/C17H25NO6/c1-10(2)15(21)23-11(3)24-16(22)18-9-17(8-14(19)20)7-12-5-4-6-13(12)17/h4,6,10-13H,5,7-9H2,1-3H3,(H,18,22)(H,19,20)/t11-,12-,13-,17-/m0/s1. The lowest BCUT2D eigenvalue weighted by Gasteiger charge is -2.51. The van der Waals surface area contributed by atoms with E-state index >= 15 is 0 Å². The molecule has 0 radical (unpaired) electrons. The van der Waals surface area contributed by atoms with Crippen LogP contribution in [0.2, 0.25) is 0 Å². The van der Waals surface area contributed by atoms with Crippen molar-refractivity contribution in [3.8, 4) is 0 Å². The number of amides is 1. The lowest BCUT2D eigenvalue weighted by molar-refractivity contribution is -0.169. The fourth-order valence-corrected chi connectivity index (χ4v) is 3.62. The lowest BCUT2D eigenvalue weighted by atomic mass is 9.53. The van der Waals surface area contributed by atoms with Crippen molar-refractivity contribution < 1.29 is 29.0 Å². The van der Waals surface area contributed by atoms with E-state index in [9.17, 15) is 19.5 Å². The molecule has 0 aliphatic heterocycles. The topological polar surface area (TPSA) is 102 Å². The fourth-order valence-electron chi connectivity index (χ4n) is 3.62. The first-order chi connectivity index (χ1) is 11.2. The van der Waals surface area contributed by atoms with E-state index in [2.05, 4.69) is 17.5 Å². The fraction of sp³-hybridized carbons (Fsp3) is 0.706. The minimum absolute atomic E-state index is 0.0106. The molecule has 24 heavy (non-hydrogen) atoms. The number of rotatable bonds is 7. The van der Waals surface area contributed by atoms with Crippen LogP contribution < -0.4 is 5.32 Å². The Hall–Kier alpha value is -2.05. The van der Waals surface area contributed by atoms with Crippen LogP contribution in [0.25, 0.3) is 0 Å². The SMILES string of the molecule is CC(C)C(=O)O[C@H](C)OC(=O)NC[C@@]1(CC(=O)O)C[C@@H]2CC=C[C@@H]21. The molecule has 0 aromatic carbocycles. The molecular weight excluding hydrogens is 314 g/mol. The second-order valence-corrected chi connectivity index (χ2v) is 7.00. The van der Waals surface area contributed by atoms with Gasteiger partial charge in [-0.25, -0.2) is 4.79 Å². The number of esters is 1. The Balaban J connectivity index is 1.84. The highest BCUT2D eigenvalue weighted by Gasteiger charge is 2.54. The smallest absolute Gasteiger partial charge is 0.410 e. The number of carboxylic acid groups (broad SMARTS) is 1. The van der Waals surface area contributed by atoms with Crippen LogP contribution in [-0.2, 0) is 19.1 Å². The van der Waals surface area contributed by atoms with E-state index in [-0.39, 0.29) is 24.8 Å². The second kappa shape index (κ2) is 7.23. The van der Waals surface area contributed by atoms with Gasteiger partial charge in [0, 0.05) is 18.9 Å². The second-order valence-electron chi connectivity index (χ2n) is 7.00. The number of hydrogen-bond acceptors (Lipinski definition) is 5. The molecule has 2 aliphatic rings. The summed E-state index contributed by atoms with van der Waals surface area (Å²) in [5, 5.41) is 11.8. The highest BCUT2D eigenvalue weighted by molar-refractivity contribution is 5.72. The molecule has 2 rings (SSSR count). The number of allylic oxidation sites excluding steroid dienone is 2. The van der Waals surface area contributed by atoms with Gasteiger partial charge in [0.15, 0.2) is 0 Å². The third-order valence-corrected chi connectivity index (χ3v) is 4.78. The summed E-state index contributed by atoms with van der Waals surface area (Å²) in [6.07, 6.45) is 4.18. The summed E-state index contributed by atoms with van der Waals surface area (Å²) in [7, 11) is 0. The molecule has 7 heteroatoms. The normalized spacial score (nSPS) is 28.7. The van der Waals surface area contributed by atoms with E-state index in [0.717, 1.165) is 12.8 Å². The Labute approximate surface area is 141 Å². The van der Waals surface area contributed by atoms with E-state index in [1.807, 2.05) is 0 Å². The molecule has 1 amide bonds. The molecule has 2 N–H and O–H groups in total. The summed E-state index contributed by atoms with van der Waals surface area (Å²) in [6.45, 7) is 5.07. The van der Waals surface area contributed by atoms with Crippen LogP contribution >= 0.6 is 0 Å². The number of hydrogen-bond donors (Lipinski definition) is 2. The van der Waals surface area contributed by atoms with Crippen molar-refractivity contribution in [2.75, 3.05) is 6.54 Å². The molecule has 0 unspecified atom stereocenters. The third-order valence-electron chi connectivity index (χ3n) is 4.78. The zero-order chi connectivity index (χ0) is 17.9. The number of nitrogens with one attached hydrogen (secondary N) is 1. The highest BCUT2D eigenvalue weighted by Crippen LogP contribution is 2.57. The molecule has 0 bridgehead atoms. The number of carboxylic acids is 1. The zero-order valence-electron chi connectivity index (χ0n) is 14.3. The average Bonchev–Trinajstić information content (AvgIpc) is 2.85. The van der Waals surface area contributed by atoms with E-state index < -0.39 is 29.7 Å². The lowest BCUT2D eigenvalue weighted by Crippen LogP contribution is -2.53. The van der Waals surface area contributed by atoms with Crippen molar-refractivity contribution in [3.63, 3.8) is 0 Å². The molecule has 0 heterocycles. The van der Waals surface area contributed by atoms with E-state index in [4.69, 9.17) is 9.47 Å². The van der Waals surface area contributed by atoms with Crippen LogP contribution in [0.4, 0.5) is 4.79 Å². The molecular formula is C17H25NO6. The van der Waals surface area contributed by atoms with Gasteiger partial charge in [0.2, 0.25) is 6.29 Å². The van der Waals surface area contributed by atoms with Gasteiger partial charge in [-0.3, -0.25) is 9.59 Å². The first-order valence-electron chi connectivity index (χ1n) is 8.27. The van der Waals surface area contributed by atoms with Crippen LogP contribution in [0.1, 0.15) is 40.0 Å². The summed E-state index contributed by atoms with van der Waals surface area (Å²) < 4.78 is 9.95. The van der Waals surface area contributed by atoms with Crippen LogP contribution in [0.15, 0.2) is 12.2 Å². The van der Waals surface area contributed by atoms with Crippen molar-refractivity contribution in [1.82, 2.24) is 5.32 Å². The quantitative estimate of drug-likeness (QED) is 0.419. The summed E-state index contributed by atoms with van der Waals surface area (Å²) in [6, 6.07) is 0. The van der Waals surface area contributed by atoms with Crippen LogP contribution in [0.5, 0.6) is 0 Å². The van der Waals surface area contributed by atoms with Gasteiger partial charge in [-0.15, -0.1) is 0 Å². The number of alkyl carbamates (subject to hydrolysis) is 1. The number of carbonyl (C=O) groups is 3. The predicted octanol–water partition coefficient (Wildman–Crippen LogP) is 2.31. The number of fused-ring (bicyclic) bond motifs is 1. The Morgan fingerprint density at radius 1 is 1.29 bits per heavy atom. The first kappa shape index (κ1) is 18.3. The van der Waals surface area contributed by atoms with E-state index in [1.54, 1.807) is 13.8 Å². The van der Waals surface area contributed by atoms with Gasteiger partial charge in [-0.1, -0.05) is 26.0 Å². The van der Waals surface area contributed by atoms with Gasteiger partial charge >= 0.3 is 18.0 Å². The summed E-state index contributed by atoms with van der Waals surface area (Å²) in [5.74, 6) is -0.962. The maximum atomic E-state index is 11.9. The minimum Gasteiger partial charge on any atom is -0.481 e. The molecule has 0 aromatic heterocycles. The molecule has 0 aromatic rings. The van der Waals surface area contributed by atoms with Crippen molar-refractivity contribution in [3.05, 3.63) is 12.2 Å². The van der Waals surface area contributed by atoms with E-state index in [0.29, 0.717) is 5.92 Å². The zero-order valence-corrected chi connectivity index (χ0v) is 14.3. The molecule has 7 nitrogen and oxygen atoms in total. The largest absolute Gasteiger partial charge is 0.481 e. The monoisotopic (exact) mass is 339 g/mol. The van der Waals surface area contributed by atoms with Crippen LogP contribution in [-0.4, -0.2) is 36.0 Å². The summed E-state index contributed by atoms with van der Waals surface area (Å²) in [4.78, 5) is 34.5. The summed E-state index contributed by atoms with van der Waals surface area (Å²) in [5.41, 5.74) is -0.458. The van der Waals surface area contributed by atoms with Gasteiger partial charge in [0.1, 0.15) is 0 Å². The van der Waals surface area contributed by atoms with Gasteiger partial charge in [-0.2, -0.15) is 0 Å². The van der Waals surface area contributed by atoms with Crippen LogP contribution in [0.3, 0.4) is 0 Å². The van der Waals surface area contributed by atoms with Crippen molar-refractivity contribution in [1.29, 1.82) is 0 Å². The molecule has 4 atom stereocenters. The molecule has 0 spiro atoms. The number of carbonyl (C=O) groups excluding carboxylic acids is 2. The maximum absolute atomic E-state index is 11.9. The van der Waals surface area contributed by atoms with E-state index in [1.165, 1.54) is 6.92 Å². The van der Waals surface area contributed by atoms with Crippen molar-refractivity contribution in [2.45, 2.75) is 46.3 Å². The number of aliphatic carboxylic acids is 1. The van der Waals surface area contributed by atoms with Gasteiger partial charge in [0.25, 0.3) is 0 Å². The van der Waals surface area contributed by atoms with Crippen LogP contribution in [0, 0.1) is 23.2 Å². The molecule has 2 aliphatic carbocycles. The average molecular weight is 339 g/mol. The minimum atomic E-state index is -0.990. The van der Waals surface area contributed by atoms with Crippen molar-refractivity contribution in [2.24, 2.45) is 23.2 Å². The molecule has 1 fully saturated rings. The van der Waals surface area contributed by atoms with Crippen molar-refractivity contribution >= 4 is 18.0 Å². The summed E-state index contributed by atoms with van der Waals surface area (Å²) >= 11 is 0. The number of ether oxygens (including phenoxy) is 2. The van der Waals surface area contributed by atoms with Gasteiger partial charge in [-0.05, 0) is 24.7 Å². The Morgan fingerprint density at radius 2 is 2.00 bits per heavy atom. The maximum Gasteiger partial charge on any atom is 0.410 e. The third kappa shape index (κ3) is 4.07. The molecule has 1 saturated carbocycles. The predicted molar refractivity (Wildman–Crippen MR) is 84.9 cm³/mol. The Kier molecular flexibility index (Phi) is 5.51. The van der Waals surface area contributed by atoms with Gasteiger partial charge in [0.05, 0.1) is 12.3 Å².